The molecule has 0 amide bonds. The van der Waals surface area contributed by atoms with Gasteiger partial charge in [-0.2, -0.15) is 5.26 Å². The zero-order valence-corrected chi connectivity index (χ0v) is 31.2. The second-order valence-electron chi connectivity index (χ2n) is 14.0. The van der Waals surface area contributed by atoms with Gasteiger partial charge in [0, 0.05) is 18.2 Å². The quantitative estimate of drug-likeness (QED) is 0.146. The standard InChI is InChI=1S/C39H47N3O7Si/c1-26-25-42(36(44)41-35(26)43)38(50(7)8)24-33(47-37(2,3)4)34(49-38)32(22-23-40)48-39(27-12-10-9-11-13-27,28-14-18-30(45-5)19-15-28)29-16-20-31(46-6)21-17-29/h9-21,25,32-34,50H,22,24H2,1-8H3,(H,41,43,44)/t32-,33-,34+,38-/m0/s1. The van der Waals surface area contributed by atoms with Crippen molar-refractivity contribution in [3.8, 4) is 17.6 Å². The maximum atomic E-state index is 13.5. The molecule has 264 valence electrons. The summed E-state index contributed by atoms with van der Waals surface area (Å²) in [6.45, 7) is 11.8. The Bertz CT molecular complexity index is 1860. The van der Waals surface area contributed by atoms with Crippen molar-refractivity contribution >= 4 is 8.80 Å². The lowest BCUT2D eigenvalue weighted by atomic mass is 9.79. The van der Waals surface area contributed by atoms with E-state index in [1.165, 1.54) is 4.57 Å². The van der Waals surface area contributed by atoms with Crippen LogP contribution in [0.4, 0.5) is 0 Å². The summed E-state index contributed by atoms with van der Waals surface area (Å²) >= 11 is 0. The maximum Gasteiger partial charge on any atom is 0.330 e. The monoisotopic (exact) mass is 697 g/mol. The van der Waals surface area contributed by atoms with Gasteiger partial charge in [-0.15, -0.1) is 0 Å². The predicted molar refractivity (Wildman–Crippen MR) is 194 cm³/mol. The lowest BCUT2D eigenvalue weighted by Gasteiger charge is -2.41. The number of hydrogen-bond donors (Lipinski definition) is 1. The van der Waals surface area contributed by atoms with E-state index in [2.05, 4.69) is 24.1 Å². The van der Waals surface area contributed by atoms with Crippen LogP contribution in [0.25, 0.3) is 0 Å². The fourth-order valence-corrected chi connectivity index (χ4v) is 8.75. The molecule has 3 aromatic carbocycles. The van der Waals surface area contributed by atoms with Gasteiger partial charge in [0.25, 0.3) is 5.56 Å². The number of hydrogen-bond acceptors (Lipinski definition) is 8. The van der Waals surface area contributed by atoms with E-state index >= 15 is 0 Å². The van der Waals surface area contributed by atoms with Gasteiger partial charge >= 0.3 is 5.69 Å². The fraction of sp³-hybridized carbons (Fsp3) is 0.410. The normalized spacial score (nSPS) is 20.0. The van der Waals surface area contributed by atoms with Crippen molar-refractivity contribution in [3.05, 3.63) is 128 Å². The summed E-state index contributed by atoms with van der Waals surface area (Å²) in [5, 5.41) is 9.30. The van der Waals surface area contributed by atoms with E-state index in [-0.39, 0.29) is 6.42 Å². The van der Waals surface area contributed by atoms with Crippen LogP contribution in [0.3, 0.4) is 0 Å². The van der Waals surface area contributed by atoms with Gasteiger partial charge in [-0.1, -0.05) is 67.7 Å². The number of aromatic amines is 1. The lowest BCUT2D eigenvalue weighted by molar-refractivity contribution is -0.172. The Morgan fingerprint density at radius 3 is 1.96 bits per heavy atom. The number of methoxy groups -OCH3 is 2. The Balaban J connectivity index is 1.75. The van der Waals surface area contributed by atoms with Crippen molar-refractivity contribution in [1.29, 1.82) is 5.26 Å². The minimum atomic E-state index is -1.93. The summed E-state index contributed by atoms with van der Waals surface area (Å²) in [7, 11) is 1.31. The first kappa shape index (κ1) is 36.8. The lowest BCUT2D eigenvalue weighted by Crippen LogP contribution is -2.53. The molecule has 5 rings (SSSR count). The van der Waals surface area contributed by atoms with Crippen LogP contribution < -0.4 is 20.7 Å². The smallest absolute Gasteiger partial charge is 0.330 e. The van der Waals surface area contributed by atoms with Gasteiger partial charge in [-0.05, 0) is 68.7 Å². The first-order valence-corrected chi connectivity index (χ1v) is 19.7. The van der Waals surface area contributed by atoms with Crippen LogP contribution in [-0.4, -0.2) is 56.5 Å². The topological polar surface area (TPSA) is 125 Å². The summed E-state index contributed by atoms with van der Waals surface area (Å²) in [6, 6.07) is 27.6. The molecule has 1 aliphatic rings. The second-order valence-corrected chi connectivity index (χ2v) is 17.2. The van der Waals surface area contributed by atoms with Crippen LogP contribution in [0.2, 0.25) is 13.1 Å². The van der Waals surface area contributed by atoms with Crippen molar-refractivity contribution in [2.45, 2.75) is 88.5 Å². The highest BCUT2D eigenvalue weighted by Gasteiger charge is 2.56. The minimum absolute atomic E-state index is 0.0369. The number of H-pyrrole nitrogens is 1. The van der Waals surface area contributed by atoms with E-state index in [9.17, 15) is 14.9 Å². The SMILES string of the molecule is COc1ccc(C(O[C@@H](CC#N)[C@H]2O[C@](n3cc(C)c(=O)[nH]c3=O)([SiH](C)C)C[C@@H]2OC(C)(C)C)(c2ccccc2)c2ccc(OC)cc2)cc1. The fourth-order valence-electron chi connectivity index (χ4n) is 6.87. The molecule has 1 aliphatic heterocycles. The predicted octanol–water partition coefficient (Wildman–Crippen LogP) is 5.80. The van der Waals surface area contributed by atoms with Gasteiger partial charge < -0.3 is 23.7 Å². The number of aryl methyl sites for hydroxylation is 1. The average Bonchev–Trinajstić information content (AvgIpc) is 3.47. The third kappa shape index (κ3) is 7.20. The highest BCUT2D eigenvalue weighted by atomic mass is 28.3. The molecule has 1 aromatic heterocycles. The van der Waals surface area contributed by atoms with Gasteiger partial charge in [-0.3, -0.25) is 14.3 Å². The van der Waals surface area contributed by atoms with E-state index in [0.717, 1.165) is 16.7 Å². The molecule has 50 heavy (non-hydrogen) atoms. The summed E-state index contributed by atoms with van der Waals surface area (Å²) < 4.78 is 33.9. The van der Waals surface area contributed by atoms with Gasteiger partial charge in [0.1, 0.15) is 34.7 Å². The molecule has 4 atom stereocenters. The van der Waals surface area contributed by atoms with Gasteiger partial charge in [0.15, 0.2) is 0 Å². The Labute approximate surface area is 295 Å². The molecule has 0 spiro atoms. The molecule has 0 bridgehead atoms. The number of rotatable bonds is 12. The van der Waals surface area contributed by atoms with Crippen LogP contribution in [0, 0.1) is 18.3 Å². The molecular weight excluding hydrogens is 651 g/mol. The number of nitrogens with one attached hydrogen (secondary N) is 1. The average molecular weight is 698 g/mol. The Hall–Kier alpha value is -4.47. The third-order valence-corrected chi connectivity index (χ3v) is 11.7. The third-order valence-electron chi connectivity index (χ3n) is 9.30. The number of ether oxygens (including phenoxy) is 5. The first-order valence-electron chi connectivity index (χ1n) is 16.9. The Kier molecular flexibility index (Phi) is 10.9. The largest absolute Gasteiger partial charge is 0.497 e. The summed E-state index contributed by atoms with van der Waals surface area (Å²) in [5.74, 6) is 1.37. The van der Waals surface area contributed by atoms with E-state index in [1.54, 1.807) is 27.3 Å². The van der Waals surface area contributed by atoms with E-state index in [0.29, 0.717) is 23.5 Å². The summed E-state index contributed by atoms with van der Waals surface area (Å²) in [6.07, 6.45) is -0.312. The summed E-state index contributed by atoms with van der Waals surface area (Å²) in [5.41, 5.74) is 0.0233. The van der Waals surface area contributed by atoms with Gasteiger partial charge in [0.2, 0.25) is 0 Å². The molecule has 1 N–H and O–H groups in total. The van der Waals surface area contributed by atoms with Crippen LogP contribution in [0.5, 0.6) is 11.5 Å². The molecule has 4 aromatic rings. The van der Waals surface area contributed by atoms with Crippen LogP contribution in [0.1, 0.15) is 55.9 Å². The number of benzene rings is 3. The van der Waals surface area contributed by atoms with Crippen molar-refractivity contribution in [1.82, 2.24) is 9.55 Å². The highest BCUT2D eigenvalue weighted by Crippen LogP contribution is 2.47. The molecule has 10 nitrogen and oxygen atoms in total. The van der Waals surface area contributed by atoms with Gasteiger partial charge in [0.05, 0.1) is 47.2 Å². The molecule has 2 heterocycles. The first-order chi connectivity index (χ1) is 23.8. The van der Waals surface area contributed by atoms with Crippen molar-refractivity contribution in [2.75, 3.05) is 14.2 Å². The molecule has 0 unspecified atom stereocenters. The maximum absolute atomic E-state index is 13.5. The minimum Gasteiger partial charge on any atom is -0.497 e. The van der Waals surface area contributed by atoms with Crippen molar-refractivity contribution < 1.29 is 23.7 Å². The van der Waals surface area contributed by atoms with E-state index in [1.807, 2.05) is 99.6 Å². The second kappa shape index (κ2) is 14.8. The zero-order chi connectivity index (χ0) is 36.3. The van der Waals surface area contributed by atoms with Crippen molar-refractivity contribution in [3.63, 3.8) is 0 Å². The van der Waals surface area contributed by atoms with Gasteiger partial charge in [-0.25, -0.2) is 4.79 Å². The highest BCUT2D eigenvalue weighted by molar-refractivity contribution is 6.58. The van der Waals surface area contributed by atoms with Crippen LogP contribution in [0.15, 0.2) is 94.6 Å². The molecule has 1 fully saturated rings. The Morgan fingerprint density at radius 2 is 1.48 bits per heavy atom. The molecule has 0 aliphatic carbocycles. The van der Waals surface area contributed by atoms with Crippen LogP contribution >= 0.6 is 0 Å². The number of nitrogens with zero attached hydrogens (tertiary/aromatic N) is 2. The molecule has 0 saturated carbocycles. The molecule has 11 heteroatoms. The summed E-state index contributed by atoms with van der Waals surface area (Å²) in [4.78, 5) is 28.4. The molecule has 1 saturated heterocycles. The zero-order valence-electron chi connectivity index (χ0n) is 30.1. The van der Waals surface area contributed by atoms with E-state index < -0.39 is 54.9 Å². The van der Waals surface area contributed by atoms with Crippen LogP contribution in [-0.2, 0) is 25.2 Å². The molecule has 0 radical (unpaired) electrons. The Morgan fingerprint density at radius 1 is 0.940 bits per heavy atom. The number of aromatic nitrogens is 2. The van der Waals surface area contributed by atoms with E-state index in [4.69, 9.17) is 23.7 Å². The number of nitriles is 1. The van der Waals surface area contributed by atoms with Crippen molar-refractivity contribution in [2.24, 2.45) is 0 Å². The molecular formula is C39H47N3O7Si.